The van der Waals surface area contributed by atoms with Gasteiger partial charge in [0, 0.05) is 24.9 Å². The molecule has 1 heterocycles. The van der Waals surface area contributed by atoms with Gasteiger partial charge in [-0.05, 0) is 18.4 Å². The quantitative estimate of drug-likeness (QED) is 0.619. The summed E-state index contributed by atoms with van der Waals surface area (Å²) < 4.78 is 1.95. The van der Waals surface area contributed by atoms with Crippen LogP contribution in [0.15, 0.2) is 24.3 Å². The van der Waals surface area contributed by atoms with Crippen molar-refractivity contribution in [3.05, 3.63) is 30.0 Å². The van der Waals surface area contributed by atoms with Gasteiger partial charge < -0.3 is 0 Å². The van der Waals surface area contributed by atoms with Crippen LogP contribution < -0.4 is 11.3 Å². The first-order valence-corrected chi connectivity index (χ1v) is 7.02. The molecule has 104 valence electrons. The molecule has 0 spiro atoms. The first-order chi connectivity index (χ1) is 9.15. The summed E-state index contributed by atoms with van der Waals surface area (Å²) in [6, 6.07) is 8.63. The molecule has 3 N–H and O–H groups in total. The number of fused-ring (bicyclic) bond motifs is 1. The zero-order valence-corrected chi connectivity index (χ0v) is 12.1. The molecule has 0 saturated heterocycles. The summed E-state index contributed by atoms with van der Waals surface area (Å²) in [4.78, 5) is 0. The van der Waals surface area contributed by atoms with Crippen molar-refractivity contribution in [3.8, 4) is 0 Å². The fraction of sp³-hybridized carbons (Fsp3) is 0.533. The van der Waals surface area contributed by atoms with Crippen LogP contribution in [0, 0.1) is 5.92 Å². The van der Waals surface area contributed by atoms with Gasteiger partial charge in [0.05, 0.1) is 11.2 Å². The van der Waals surface area contributed by atoms with Crippen LogP contribution in [0.4, 0.5) is 0 Å². The molecule has 0 radical (unpaired) electrons. The fourth-order valence-electron chi connectivity index (χ4n) is 2.54. The van der Waals surface area contributed by atoms with Crippen LogP contribution in [-0.2, 0) is 13.5 Å². The van der Waals surface area contributed by atoms with Gasteiger partial charge in [-0.15, -0.1) is 0 Å². The first kappa shape index (κ1) is 14.0. The molecule has 0 saturated carbocycles. The van der Waals surface area contributed by atoms with E-state index in [0.717, 1.165) is 18.5 Å². The maximum absolute atomic E-state index is 5.69. The Morgan fingerprint density at radius 3 is 2.79 bits per heavy atom. The van der Waals surface area contributed by atoms with E-state index in [1.165, 1.54) is 17.3 Å². The lowest BCUT2D eigenvalue weighted by Crippen LogP contribution is -2.38. The van der Waals surface area contributed by atoms with E-state index in [9.17, 15) is 0 Å². The Morgan fingerprint density at radius 2 is 2.11 bits per heavy atom. The SMILES string of the molecule is CCC(C)CC(Cc1nn(C)c2ccccc12)NN. The van der Waals surface area contributed by atoms with Crippen molar-refractivity contribution in [1.82, 2.24) is 15.2 Å². The summed E-state index contributed by atoms with van der Waals surface area (Å²) in [5, 5.41) is 5.86. The van der Waals surface area contributed by atoms with Gasteiger partial charge in [0.25, 0.3) is 0 Å². The molecule has 1 aromatic heterocycles. The number of hydrazine groups is 1. The normalized spacial score (nSPS) is 14.7. The van der Waals surface area contributed by atoms with Crippen LogP contribution in [-0.4, -0.2) is 15.8 Å². The summed E-state index contributed by atoms with van der Waals surface area (Å²) >= 11 is 0. The second kappa shape index (κ2) is 6.17. The summed E-state index contributed by atoms with van der Waals surface area (Å²) in [5.74, 6) is 6.37. The van der Waals surface area contributed by atoms with Crippen LogP contribution in [0.1, 0.15) is 32.4 Å². The van der Waals surface area contributed by atoms with E-state index in [4.69, 9.17) is 5.84 Å². The van der Waals surface area contributed by atoms with Gasteiger partial charge >= 0.3 is 0 Å². The molecule has 4 heteroatoms. The Hall–Kier alpha value is -1.39. The van der Waals surface area contributed by atoms with E-state index in [1.54, 1.807) is 0 Å². The average molecular weight is 260 g/mol. The third kappa shape index (κ3) is 3.14. The van der Waals surface area contributed by atoms with E-state index in [1.807, 2.05) is 17.8 Å². The number of para-hydroxylation sites is 1. The summed E-state index contributed by atoms with van der Waals surface area (Å²) in [6.07, 6.45) is 3.14. The number of nitrogens with zero attached hydrogens (tertiary/aromatic N) is 2. The molecule has 0 bridgehead atoms. The lowest BCUT2D eigenvalue weighted by Gasteiger charge is -2.18. The van der Waals surface area contributed by atoms with E-state index >= 15 is 0 Å². The van der Waals surface area contributed by atoms with Gasteiger partial charge in [-0.1, -0.05) is 38.5 Å². The van der Waals surface area contributed by atoms with Gasteiger partial charge in [0.15, 0.2) is 0 Å². The van der Waals surface area contributed by atoms with Gasteiger partial charge in [0.1, 0.15) is 0 Å². The van der Waals surface area contributed by atoms with E-state index in [-0.39, 0.29) is 6.04 Å². The van der Waals surface area contributed by atoms with Crippen molar-refractivity contribution in [2.24, 2.45) is 18.8 Å². The Balaban J connectivity index is 2.20. The molecule has 0 aliphatic rings. The lowest BCUT2D eigenvalue weighted by atomic mass is 9.96. The molecule has 1 aromatic carbocycles. The number of hydrogen-bond acceptors (Lipinski definition) is 3. The molecule has 0 aliphatic carbocycles. The summed E-state index contributed by atoms with van der Waals surface area (Å²) in [5.41, 5.74) is 5.25. The number of benzene rings is 1. The Bertz CT molecular complexity index is 532. The lowest BCUT2D eigenvalue weighted by molar-refractivity contribution is 0.394. The Kier molecular flexibility index (Phi) is 4.56. The van der Waals surface area contributed by atoms with Crippen LogP contribution in [0.5, 0.6) is 0 Å². The van der Waals surface area contributed by atoms with E-state index in [0.29, 0.717) is 5.92 Å². The molecule has 0 fully saturated rings. The predicted octanol–water partition coefficient (Wildman–Crippen LogP) is 2.38. The van der Waals surface area contributed by atoms with Crippen LogP contribution in [0.25, 0.3) is 10.9 Å². The van der Waals surface area contributed by atoms with Gasteiger partial charge in [-0.25, -0.2) is 0 Å². The third-order valence-corrected chi connectivity index (χ3v) is 3.89. The summed E-state index contributed by atoms with van der Waals surface area (Å²) in [6.45, 7) is 4.48. The molecule has 19 heavy (non-hydrogen) atoms. The van der Waals surface area contributed by atoms with Gasteiger partial charge in [-0.2, -0.15) is 5.10 Å². The zero-order chi connectivity index (χ0) is 13.8. The van der Waals surface area contributed by atoms with Crippen molar-refractivity contribution < 1.29 is 0 Å². The fourth-order valence-corrected chi connectivity index (χ4v) is 2.54. The highest BCUT2D eigenvalue weighted by atomic mass is 15.3. The number of nitrogens with one attached hydrogen (secondary N) is 1. The molecular weight excluding hydrogens is 236 g/mol. The highest BCUT2D eigenvalue weighted by Crippen LogP contribution is 2.20. The first-order valence-electron chi connectivity index (χ1n) is 7.02. The second-order valence-corrected chi connectivity index (χ2v) is 5.40. The highest BCUT2D eigenvalue weighted by Gasteiger charge is 2.15. The summed E-state index contributed by atoms with van der Waals surface area (Å²) in [7, 11) is 1.99. The largest absolute Gasteiger partial charge is 0.271 e. The third-order valence-electron chi connectivity index (χ3n) is 3.89. The molecule has 0 aliphatic heterocycles. The van der Waals surface area contributed by atoms with Crippen LogP contribution in [0.3, 0.4) is 0 Å². The van der Waals surface area contributed by atoms with E-state index in [2.05, 4.69) is 42.6 Å². The maximum Gasteiger partial charge on any atom is 0.0719 e. The van der Waals surface area contributed by atoms with Crippen LogP contribution in [0.2, 0.25) is 0 Å². The highest BCUT2D eigenvalue weighted by molar-refractivity contribution is 5.81. The van der Waals surface area contributed by atoms with Gasteiger partial charge in [-0.3, -0.25) is 16.0 Å². The smallest absolute Gasteiger partial charge is 0.0719 e. The number of hydrogen-bond donors (Lipinski definition) is 2. The van der Waals surface area contributed by atoms with E-state index < -0.39 is 0 Å². The minimum Gasteiger partial charge on any atom is -0.271 e. The van der Waals surface area contributed by atoms with Crippen LogP contribution >= 0.6 is 0 Å². The van der Waals surface area contributed by atoms with Crippen molar-refractivity contribution in [3.63, 3.8) is 0 Å². The average Bonchev–Trinajstić information content (AvgIpc) is 2.75. The Morgan fingerprint density at radius 1 is 1.37 bits per heavy atom. The maximum atomic E-state index is 5.69. The predicted molar refractivity (Wildman–Crippen MR) is 79.6 cm³/mol. The number of aromatic nitrogens is 2. The monoisotopic (exact) mass is 260 g/mol. The minimum atomic E-state index is 0.285. The Labute approximate surface area is 114 Å². The van der Waals surface area contributed by atoms with Crippen molar-refractivity contribution >= 4 is 10.9 Å². The van der Waals surface area contributed by atoms with Crippen molar-refractivity contribution in [2.75, 3.05) is 0 Å². The molecule has 4 nitrogen and oxygen atoms in total. The molecule has 2 unspecified atom stereocenters. The minimum absolute atomic E-state index is 0.285. The second-order valence-electron chi connectivity index (χ2n) is 5.40. The zero-order valence-electron chi connectivity index (χ0n) is 12.1. The molecule has 2 atom stereocenters. The van der Waals surface area contributed by atoms with Gasteiger partial charge in [0.2, 0.25) is 0 Å². The number of rotatable bonds is 6. The molecular formula is C15H24N4. The molecule has 0 amide bonds. The van der Waals surface area contributed by atoms with Crippen molar-refractivity contribution in [1.29, 1.82) is 0 Å². The number of nitrogens with two attached hydrogens (primary N) is 1. The topological polar surface area (TPSA) is 55.9 Å². The number of aryl methyl sites for hydroxylation is 1. The standard InChI is InChI=1S/C15H24N4/c1-4-11(2)9-12(17-16)10-14-13-7-5-6-8-15(13)19(3)18-14/h5-8,11-12,17H,4,9-10,16H2,1-3H3. The molecule has 2 aromatic rings. The molecule has 2 rings (SSSR count). The van der Waals surface area contributed by atoms with Crippen molar-refractivity contribution in [2.45, 2.75) is 39.2 Å².